The summed E-state index contributed by atoms with van der Waals surface area (Å²) in [5.41, 5.74) is 0. The molecule has 0 aliphatic carbocycles. The molecule has 1 N–H and O–H groups in total. The van der Waals surface area contributed by atoms with Gasteiger partial charge in [0, 0.05) is 51.1 Å². The average molecular weight is 334 g/mol. The predicted molar refractivity (Wildman–Crippen MR) is 96.1 cm³/mol. The van der Waals surface area contributed by atoms with Crippen LogP contribution in [0.5, 0.6) is 0 Å². The summed E-state index contributed by atoms with van der Waals surface area (Å²) in [5.74, 6) is 1.96. The Balaban J connectivity index is 1.82. The molecule has 0 saturated carbocycles. The Kier molecular flexibility index (Phi) is 7.66. The van der Waals surface area contributed by atoms with Crippen LogP contribution in [0.2, 0.25) is 0 Å². The number of aliphatic imine (C=N–C) groups is 1. The number of hydrogen-bond donors (Lipinski definition) is 1. The minimum atomic E-state index is 0.820. The van der Waals surface area contributed by atoms with Gasteiger partial charge in [-0.2, -0.15) is 0 Å². The van der Waals surface area contributed by atoms with E-state index in [4.69, 9.17) is 9.41 Å². The first-order valence-electron chi connectivity index (χ1n) is 8.19. The SMILES string of the molecule is CCCCN=C(NCCc1ccco1)N(C)CCc1nccs1. The lowest BCUT2D eigenvalue weighted by molar-refractivity contribution is 0.474. The van der Waals surface area contributed by atoms with Crippen LogP contribution in [0.4, 0.5) is 0 Å². The number of hydrogen-bond acceptors (Lipinski definition) is 4. The summed E-state index contributed by atoms with van der Waals surface area (Å²) in [5, 5.41) is 6.63. The van der Waals surface area contributed by atoms with Crippen molar-refractivity contribution in [2.24, 2.45) is 4.99 Å². The van der Waals surface area contributed by atoms with Crippen molar-refractivity contribution in [1.29, 1.82) is 0 Å². The predicted octanol–water partition coefficient (Wildman–Crippen LogP) is 3.20. The zero-order valence-electron chi connectivity index (χ0n) is 14.0. The maximum Gasteiger partial charge on any atom is 0.193 e. The van der Waals surface area contributed by atoms with Crippen molar-refractivity contribution in [2.75, 3.05) is 26.7 Å². The molecule has 0 atom stereocenters. The topological polar surface area (TPSA) is 53.7 Å². The van der Waals surface area contributed by atoms with Crippen molar-refractivity contribution in [1.82, 2.24) is 15.2 Å². The molecule has 0 amide bonds. The van der Waals surface area contributed by atoms with E-state index >= 15 is 0 Å². The molecule has 0 aliphatic rings. The van der Waals surface area contributed by atoms with Crippen LogP contribution in [0.1, 0.15) is 30.5 Å². The summed E-state index contributed by atoms with van der Waals surface area (Å²) >= 11 is 1.70. The first-order chi connectivity index (χ1) is 11.3. The Hall–Kier alpha value is -1.82. The fourth-order valence-corrected chi connectivity index (χ4v) is 2.76. The van der Waals surface area contributed by atoms with Crippen LogP contribution in [-0.2, 0) is 12.8 Å². The fourth-order valence-electron chi connectivity index (χ4n) is 2.15. The lowest BCUT2D eigenvalue weighted by Gasteiger charge is -2.22. The molecule has 0 spiro atoms. The molecule has 0 bridgehead atoms. The van der Waals surface area contributed by atoms with Crippen molar-refractivity contribution in [3.05, 3.63) is 40.7 Å². The highest BCUT2D eigenvalue weighted by atomic mass is 32.1. The molecular weight excluding hydrogens is 308 g/mol. The van der Waals surface area contributed by atoms with E-state index in [9.17, 15) is 0 Å². The molecule has 2 aromatic heterocycles. The van der Waals surface area contributed by atoms with Gasteiger partial charge in [-0.3, -0.25) is 4.99 Å². The zero-order chi connectivity index (χ0) is 16.3. The second-order valence-electron chi connectivity index (χ2n) is 5.41. The number of aromatic nitrogens is 1. The minimum absolute atomic E-state index is 0.820. The summed E-state index contributed by atoms with van der Waals surface area (Å²) in [6, 6.07) is 3.92. The maximum atomic E-state index is 5.37. The molecule has 0 fully saturated rings. The Morgan fingerprint density at radius 1 is 1.43 bits per heavy atom. The standard InChI is InChI=1S/C17H26N4OS/c1-3-4-9-19-17(20-10-7-15-6-5-13-22-15)21(2)12-8-16-18-11-14-23-16/h5-6,11,13-14H,3-4,7-10,12H2,1-2H3,(H,19,20). The Labute approximate surface area is 142 Å². The number of thiazole rings is 1. The lowest BCUT2D eigenvalue weighted by Crippen LogP contribution is -2.41. The molecule has 5 nitrogen and oxygen atoms in total. The summed E-state index contributed by atoms with van der Waals surface area (Å²) in [7, 11) is 2.08. The quantitative estimate of drug-likeness (QED) is 0.435. The number of rotatable bonds is 9. The number of nitrogens with zero attached hydrogens (tertiary/aromatic N) is 3. The second-order valence-corrected chi connectivity index (χ2v) is 6.39. The second kappa shape index (κ2) is 10.0. The van der Waals surface area contributed by atoms with Crippen LogP contribution in [0, 0.1) is 0 Å². The molecule has 6 heteroatoms. The lowest BCUT2D eigenvalue weighted by atomic mass is 10.3. The zero-order valence-corrected chi connectivity index (χ0v) is 14.8. The van der Waals surface area contributed by atoms with Crippen LogP contribution in [-0.4, -0.2) is 42.5 Å². The van der Waals surface area contributed by atoms with Gasteiger partial charge >= 0.3 is 0 Å². The van der Waals surface area contributed by atoms with E-state index in [0.29, 0.717) is 0 Å². The van der Waals surface area contributed by atoms with Gasteiger partial charge in [-0.15, -0.1) is 11.3 Å². The third kappa shape index (κ3) is 6.44. The fraction of sp³-hybridized carbons (Fsp3) is 0.529. The molecular formula is C17H26N4OS. The van der Waals surface area contributed by atoms with E-state index < -0.39 is 0 Å². The summed E-state index contributed by atoms with van der Waals surface area (Å²) < 4.78 is 5.37. The molecule has 0 aromatic carbocycles. The number of likely N-dealkylation sites (N-methyl/N-ethyl adjacent to an activating group) is 1. The van der Waals surface area contributed by atoms with Crippen molar-refractivity contribution < 1.29 is 4.42 Å². The third-order valence-electron chi connectivity index (χ3n) is 3.51. The highest BCUT2D eigenvalue weighted by Crippen LogP contribution is 2.05. The minimum Gasteiger partial charge on any atom is -0.469 e. The van der Waals surface area contributed by atoms with E-state index in [0.717, 1.165) is 57.0 Å². The van der Waals surface area contributed by atoms with E-state index in [1.54, 1.807) is 17.6 Å². The molecule has 0 aliphatic heterocycles. The summed E-state index contributed by atoms with van der Waals surface area (Å²) in [4.78, 5) is 11.2. The number of furan rings is 1. The van der Waals surface area contributed by atoms with Crippen molar-refractivity contribution >= 4 is 17.3 Å². The highest BCUT2D eigenvalue weighted by molar-refractivity contribution is 7.09. The molecule has 0 radical (unpaired) electrons. The highest BCUT2D eigenvalue weighted by Gasteiger charge is 2.07. The van der Waals surface area contributed by atoms with E-state index in [-0.39, 0.29) is 0 Å². The van der Waals surface area contributed by atoms with Gasteiger partial charge in [0.2, 0.25) is 0 Å². The Bertz CT molecular complexity index is 551. The number of guanidine groups is 1. The molecule has 126 valence electrons. The Morgan fingerprint density at radius 2 is 2.35 bits per heavy atom. The van der Waals surface area contributed by atoms with Crippen LogP contribution in [0.25, 0.3) is 0 Å². The normalized spacial score (nSPS) is 11.7. The molecule has 2 aromatic rings. The van der Waals surface area contributed by atoms with Gasteiger partial charge in [0.25, 0.3) is 0 Å². The Morgan fingerprint density at radius 3 is 3.04 bits per heavy atom. The van der Waals surface area contributed by atoms with Gasteiger partial charge < -0.3 is 14.6 Å². The van der Waals surface area contributed by atoms with Gasteiger partial charge in [0.05, 0.1) is 11.3 Å². The first kappa shape index (κ1) is 17.5. The molecule has 23 heavy (non-hydrogen) atoms. The summed E-state index contributed by atoms with van der Waals surface area (Å²) in [6.45, 7) is 4.78. The molecule has 0 saturated heterocycles. The van der Waals surface area contributed by atoms with Gasteiger partial charge in [-0.1, -0.05) is 13.3 Å². The van der Waals surface area contributed by atoms with Gasteiger partial charge in [-0.05, 0) is 18.6 Å². The average Bonchev–Trinajstić information content (AvgIpc) is 3.25. The smallest absolute Gasteiger partial charge is 0.193 e. The third-order valence-corrected chi connectivity index (χ3v) is 4.35. The molecule has 2 heterocycles. The first-order valence-corrected chi connectivity index (χ1v) is 9.07. The van der Waals surface area contributed by atoms with Gasteiger partial charge in [0.15, 0.2) is 5.96 Å². The van der Waals surface area contributed by atoms with Crippen LogP contribution >= 0.6 is 11.3 Å². The van der Waals surface area contributed by atoms with Crippen molar-refractivity contribution in [3.63, 3.8) is 0 Å². The maximum absolute atomic E-state index is 5.37. The molecule has 0 unspecified atom stereocenters. The number of unbranched alkanes of at least 4 members (excludes halogenated alkanes) is 1. The monoisotopic (exact) mass is 334 g/mol. The van der Waals surface area contributed by atoms with Crippen LogP contribution in [0.15, 0.2) is 39.4 Å². The molecule has 2 rings (SSSR count). The number of nitrogens with one attached hydrogen (secondary N) is 1. The van der Waals surface area contributed by atoms with Gasteiger partial charge in [0.1, 0.15) is 5.76 Å². The van der Waals surface area contributed by atoms with Gasteiger partial charge in [-0.25, -0.2) is 4.98 Å². The van der Waals surface area contributed by atoms with E-state index in [2.05, 4.69) is 29.2 Å². The van der Waals surface area contributed by atoms with E-state index in [1.807, 2.05) is 23.7 Å². The van der Waals surface area contributed by atoms with Crippen LogP contribution < -0.4 is 5.32 Å². The summed E-state index contributed by atoms with van der Waals surface area (Å²) in [6.07, 6.45) is 7.65. The van der Waals surface area contributed by atoms with E-state index in [1.165, 1.54) is 5.01 Å². The van der Waals surface area contributed by atoms with Crippen LogP contribution in [0.3, 0.4) is 0 Å². The van der Waals surface area contributed by atoms with Crippen molar-refractivity contribution in [3.8, 4) is 0 Å². The van der Waals surface area contributed by atoms with Crippen molar-refractivity contribution in [2.45, 2.75) is 32.6 Å². The largest absolute Gasteiger partial charge is 0.469 e.